The highest BCUT2D eigenvalue weighted by Crippen LogP contribution is 2.27. The number of hydrogen-bond donors (Lipinski definition) is 1. The second-order valence-corrected chi connectivity index (χ2v) is 6.60. The maximum absolute atomic E-state index is 12.7. The summed E-state index contributed by atoms with van der Waals surface area (Å²) in [6, 6.07) is 6.58. The van der Waals surface area contributed by atoms with E-state index in [0.717, 1.165) is 12.8 Å². The molecular formula is C13H17N3O2S. The van der Waals surface area contributed by atoms with Gasteiger partial charge in [-0.3, -0.25) is 0 Å². The molecule has 1 saturated heterocycles. The maximum atomic E-state index is 12.7. The van der Waals surface area contributed by atoms with Gasteiger partial charge < -0.3 is 5.73 Å². The second-order valence-electron chi connectivity index (χ2n) is 4.74. The predicted octanol–water partition coefficient (Wildman–Crippen LogP) is 0.979. The minimum absolute atomic E-state index is 0.129. The van der Waals surface area contributed by atoms with Crippen molar-refractivity contribution in [1.29, 1.82) is 5.26 Å². The summed E-state index contributed by atoms with van der Waals surface area (Å²) in [6.45, 7) is 2.57. The molecule has 6 heteroatoms. The molecule has 2 rings (SSSR count). The molecule has 102 valence electrons. The second kappa shape index (κ2) is 5.29. The lowest BCUT2D eigenvalue weighted by Crippen LogP contribution is -2.40. The van der Waals surface area contributed by atoms with E-state index in [1.165, 1.54) is 10.4 Å². The van der Waals surface area contributed by atoms with Crippen LogP contribution in [0.3, 0.4) is 0 Å². The van der Waals surface area contributed by atoms with Crippen LogP contribution in [0.15, 0.2) is 23.1 Å². The van der Waals surface area contributed by atoms with Gasteiger partial charge in [0, 0.05) is 19.1 Å². The van der Waals surface area contributed by atoms with Crippen LogP contribution in [-0.4, -0.2) is 31.9 Å². The van der Waals surface area contributed by atoms with E-state index in [1.807, 2.05) is 6.07 Å². The first-order valence-corrected chi connectivity index (χ1v) is 7.67. The fourth-order valence-corrected chi connectivity index (χ4v) is 4.39. The van der Waals surface area contributed by atoms with Gasteiger partial charge in [-0.2, -0.15) is 9.57 Å². The first kappa shape index (κ1) is 14.0. The third-order valence-corrected chi connectivity index (χ3v) is 5.59. The zero-order valence-electron chi connectivity index (χ0n) is 10.8. The fraction of sp³-hybridized carbons (Fsp3) is 0.462. The van der Waals surface area contributed by atoms with Crippen LogP contribution in [0.2, 0.25) is 0 Å². The Balaban J connectivity index is 2.48. The van der Waals surface area contributed by atoms with E-state index < -0.39 is 10.0 Å². The number of sulfonamides is 1. The molecule has 1 fully saturated rings. The molecule has 5 nitrogen and oxygen atoms in total. The van der Waals surface area contributed by atoms with Gasteiger partial charge in [0.15, 0.2) is 0 Å². The summed E-state index contributed by atoms with van der Waals surface area (Å²) in [4.78, 5) is 0.215. The van der Waals surface area contributed by atoms with Crippen LogP contribution in [-0.2, 0) is 10.0 Å². The molecule has 0 bridgehead atoms. The van der Waals surface area contributed by atoms with E-state index in [0.29, 0.717) is 24.2 Å². The predicted molar refractivity (Wildman–Crippen MR) is 71.9 cm³/mol. The fourth-order valence-electron chi connectivity index (χ4n) is 2.44. The van der Waals surface area contributed by atoms with E-state index >= 15 is 0 Å². The van der Waals surface area contributed by atoms with Crippen LogP contribution >= 0.6 is 0 Å². The van der Waals surface area contributed by atoms with Gasteiger partial charge in [-0.05, 0) is 37.5 Å². The molecule has 1 aliphatic rings. The number of nitriles is 1. The molecule has 1 aromatic rings. The number of rotatable bonds is 3. The van der Waals surface area contributed by atoms with Gasteiger partial charge in [0.05, 0.1) is 16.5 Å². The number of nitrogens with two attached hydrogens (primary N) is 1. The molecule has 1 aromatic carbocycles. The van der Waals surface area contributed by atoms with Gasteiger partial charge in [0.2, 0.25) is 10.0 Å². The SMILES string of the molecule is Cc1ccc(C#N)cc1S(=O)(=O)N1CCCC1CN. The Kier molecular flexibility index (Phi) is 3.90. The van der Waals surface area contributed by atoms with Gasteiger partial charge in [-0.1, -0.05) is 6.07 Å². The summed E-state index contributed by atoms with van der Waals surface area (Å²) in [7, 11) is -3.56. The summed E-state index contributed by atoms with van der Waals surface area (Å²) >= 11 is 0. The first-order valence-electron chi connectivity index (χ1n) is 6.23. The molecule has 1 atom stereocenters. The summed E-state index contributed by atoms with van der Waals surface area (Å²) in [5.41, 5.74) is 6.64. The summed E-state index contributed by atoms with van der Waals surface area (Å²) < 4.78 is 26.8. The van der Waals surface area contributed by atoms with E-state index in [-0.39, 0.29) is 10.9 Å². The summed E-state index contributed by atoms with van der Waals surface area (Å²) in [6.07, 6.45) is 1.63. The lowest BCUT2D eigenvalue weighted by molar-refractivity contribution is 0.393. The van der Waals surface area contributed by atoms with Gasteiger partial charge in [-0.15, -0.1) is 0 Å². The zero-order valence-corrected chi connectivity index (χ0v) is 11.7. The Bertz CT molecular complexity index is 619. The van der Waals surface area contributed by atoms with Crippen LogP contribution in [0.4, 0.5) is 0 Å². The largest absolute Gasteiger partial charge is 0.329 e. The molecule has 0 spiro atoms. The van der Waals surface area contributed by atoms with Crippen LogP contribution in [0.25, 0.3) is 0 Å². The van der Waals surface area contributed by atoms with E-state index in [1.54, 1.807) is 19.1 Å². The van der Waals surface area contributed by atoms with Crippen LogP contribution in [0, 0.1) is 18.3 Å². The Labute approximate surface area is 113 Å². The van der Waals surface area contributed by atoms with Crippen molar-refractivity contribution in [2.45, 2.75) is 30.7 Å². The van der Waals surface area contributed by atoms with Crippen molar-refractivity contribution >= 4 is 10.0 Å². The van der Waals surface area contributed by atoms with Crippen LogP contribution in [0.1, 0.15) is 24.0 Å². The molecule has 1 aliphatic heterocycles. The molecule has 0 amide bonds. The molecule has 19 heavy (non-hydrogen) atoms. The molecule has 1 heterocycles. The van der Waals surface area contributed by atoms with Crippen LogP contribution in [0.5, 0.6) is 0 Å². The Hall–Kier alpha value is -1.42. The molecule has 0 radical (unpaired) electrons. The van der Waals surface area contributed by atoms with Gasteiger partial charge in [0.1, 0.15) is 0 Å². The van der Waals surface area contributed by atoms with Gasteiger partial charge in [0.25, 0.3) is 0 Å². The third kappa shape index (κ3) is 2.50. The van der Waals surface area contributed by atoms with Gasteiger partial charge >= 0.3 is 0 Å². The van der Waals surface area contributed by atoms with Crippen LogP contribution < -0.4 is 5.73 Å². The standard InChI is InChI=1S/C13H17N3O2S/c1-10-4-5-11(8-14)7-13(10)19(17,18)16-6-2-3-12(16)9-15/h4-5,7,12H,2-3,6,9,15H2,1H3. The topological polar surface area (TPSA) is 87.2 Å². The first-order chi connectivity index (χ1) is 9.00. The molecule has 2 N–H and O–H groups in total. The smallest absolute Gasteiger partial charge is 0.243 e. The monoisotopic (exact) mass is 279 g/mol. The highest BCUT2D eigenvalue weighted by molar-refractivity contribution is 7.89. The Morgan fingerprint density at radius 3 is 2.89 bits per heavy atom. The van der Waals surface area contributed by atoms with Crippen molar-refractivity contribution in [3.63, 3.8) is 0 Å². The Morgan fingerprint density at radius 1 is 1.53 bits per heavy atom. The van der Waals surface area contributed by atoms with Crippen molar-refractivity contribution in [1.82, 2.24) is 4.31 Å². The maximum Gasteiger partial charge on any atom is 0.243 e. The van der Waals surface area contributed by atoms with E-state index in [9.17, 15) is 8.42 Å². The van der Waals surface area contributed by atoms with E-state index in [4.69, 9.17) is 11.0 Å². The molecule has 0 saturated carbocycles. The molecule has 0 aromatic heterocycles. The minimum Gasteiger partial charge on any atom is -0.329 e. The van der Waals surface area contributed by atoms with Crippen molar-refractivity contribution in [2.75, 3.05) is 13.1 Å². The number of aryl methyl sites for hydroxylation is 1. The minimum atomic E-state index is -3.56. The number of hydrogen-bond acceptors (Lipinski definition) is 4. The lowest BCUT2D eigenvalue weighted by atomic mass is 10.2. The normalized spacial score (nSPS) is 20.4. The Morgan fingerprint density at radius 2 is 2.26 bits per heavy atom. The summed E-state index contributed by atoms with van der Waals surface area (Å²) in [5, 5.41) is 8.90. The third-order valence-electron chi connectivity index (χ3n) is 3.50. The molecule has 1 unspecified atom stereocenters. The zero-order chi connectivity index (χ0) is 14.0. The number of nitrogens with zero attached hydrogens (tertiary/aromatic N) is 2. The van der Waals surface area contributed by atoms with Crippen molar-refractivity contribution in [2.24, 2.45) is 5.73 Å². The average molecular weight is 279 g/mol. The van der Waals surface area contributed by atoms with Crippen molar-refractivity contribution < 1.29 is 8.42 Å². The number of benzene rings is 1. The van der Waals surface area contributed by atoms with Crippen molar-refractivity contribution in [3.8, 4) is 6.07 Å². The summed E-state index contributed by atoms with van der Waals surface area (Å²) in [5.74, 6) is 0. The van der Waals surface area contributed by atoms with Gasteiger partial charge in [-0.25, -0.2) is 8.42 Å². The van der Waals surface area contributed by atoms with E-state index in [2.05, 4.69) is 0 Å². The highest BCUT2D eigenvalue weighted by Gasteiger charge is 2.35. The molecular weight excluding hydrogens is 262 g/mol. The lowest BCUT2D eigenvalue weighted by Gasteiger charge is -2.23. The molecule has 0 aliphatic carbocycles. The highest BCUT2D eigenvalue weighted by atomic mass is 32.2. The quantitative estimate of drug-likeness (QED) is 0.893. The average Bonchev–Trinajstić information content (AvgIpc) is 2.88. The van der Waals surface area contributed by atoms with Crippen molar-refractivity contribution in [3.05, 3.63) is 29.3 Å².